The zero-order valence-electron chi connectivity index (χ0n) is 9.05. The van der Waals surface area contributed by atoms with Gasteiger partial charge in [-0.1, -0.05) is 0 Å². The van der Waals surface area contributed by atoms with Crippen molar-refractivity contribution in [2.24, 2.45) is 0 Å². The number of nitro groups is 1. The molecule has 2 rings (SSSR count). The second-order valence-electron chi connectivity index (χ2n) is 3.89. The highest BCUT2D eigenvalue weighted by molar-refractivity contribution is 5.34. The normalized spacial score (nSPS) is 16.5. The van der Waals surface area contributed by atoms with E-state index in [9.17, 15) is 18.9 Å². The van der Waals surface area contributed by atoms with Crippen LogP contribution in [-0.2, 0) is 0 Å². The first-order valence-corrected chi connectivity index (χ1v) is 5.37. The van der Waals surface area contributed by atoms with Crippen LogP contribution >= 0.6 is 0 Å². The number of hydrogen-bond donors (Lipinski definition) is 0. The van der Waals surface area contributed by atoms with Crippen LogP contribution in [0.2, 0.25) is 0 Å². The average molecular weight is 246 g/mol. The molecule has 0 saturated carbocycles. The van der Waals surface area contributed by atoms with Crippen LogP contribution in [0.3, 0.4) is 0 Å². The molecule has 1 fully saturated rings. The van der Waals surface area contributed by atoms with E-state index in [-0.39, 0.29) is 0 Å². The summed E-state index contributed by atoms with van der Waals surface area (Å²) < 4.78 is 25.1. The number of halogens is 2. The highest BCUT2D eigenvalue weighted by atomic mass is 19.3. The molecule has 0 spiro atoms. The lowest BCUT2D eigenvalue weighted by molar-refractivity contribution is -0.386. The van der Waals surface area contributed by atoms with Gasteiger partial charge < -0.3 is 0 Å². The number of alkyl halides is 2. The maximum atomic E-state index is 12.6. The Morgan fingerprint density at radius 1 is 1.35 bits per heavy atom. The Morgan fingerprint density at radius 2 is 2.00 bits per heavy atom. The highest BCUT2D eigenvalue weighted by Gasteiger charge is 2.28. The van der Waals surface area contributed by atoms with E-state index in [0.717, 1.165) is 25.5 Å². The minimum Gasteiger partial charge on any atom is -0.297 e. The smallest absolute Gasteiger partial charge is 0.297 e. The third-order valence-corrected chi connectivity index (χ3v) is 2.74. The fourth-order valence-corrected chi connectivity index (χ4v) is 1.89. The van der Waals surface area contributed by atoms with Crippen molar-refractivity contribution in [1.82, 2.24) is 9.89 Å². The van der Waals surface area contributed by atoms with Gasteiger partial charge in [-0.25, -0.2) is 8.78 Å². The summed E-state index contributed by atoms with van der Waals surface area (Å²) in [5.74, 6) is 0. The molecule has 94 valence electrons. The summed E-state index contributed by atoms with van der Waals surface area (Å²) in [6.07, 6.45) is 1.10. The van der Waals surface area contributed by atoms with E-state index in [1.54, 1.807) is 5.01 Å². The molecular formula is C9H12F2N4O2. The molecule has 2 heterocycles. The fraction of sp³-hybridized carbons (Fsp3) is 0.667. The summed E-state index contributed by atoms with van der Waals surface area (Å²) in [6, 6.07) is 0. The molecule has 0 amide bonds. The molecule has 1 aromatic rings. The number of aromatic nitrogens is 2. The Hall–Kier alpha value is -1.73. The molecule has 1 aliphatic rings. The van der Waals surface area contributed by atoms with Crippen LogP contribution < -0.4 is 5.01 Å². The number of nitrogens with zero attached hydrogens (tertiary/aromatic N) is 4. The van der Waals surface area contributed by atoms with Crippen LogP contribution in [-0.4, -0.2) is 27.9 Å². The van der Waals surface area contributed by atoms with Gasteiger partial charge in [0.25, 0.3) is 6.43 Å². The Kier molecular flexibility index (Phi) is 3.21. The van der Waals surface area contributed by atoms with Gasteiger partial charge in [0, 0.05) is 13.1 Å². The van der Waals surface area contributed by atoms with Gasteiger partial charge in [0.05, 0.1) is 4.92 Å². The van der Waals surface area contributed by atoms with Gasteiger partial charge in [0.2, 0.25) is 5.69 Å². The van der Waals surface area contributed by atoms with Crippen molar-refractivity contribution in [1.29, 1.82) is 0 Å². The van der Waals surface area contributed by atoms with Crippen molar-refractivity contribution < 1.29 is 13.7 Å². The zero-order valence-corrected chi connectivity index (χ0v) is 9.05. The van der Waals surface area contributed by atoms with Gasteiger partial charge in [-0.2, -0.15) is 4.79 Å². The molecule has 0 unspecified atom stereocenters. The Bertz CT molecular complexity index is 415. The van der Waals surface area contributed by atoms with Gasteiger partial charge in [-0.3, -0.25) is 15.1 Å². The molecule has 0 radical (unpaired) electrons. The number of hydrogen-bond acceptors (Lipinski definition) is 4. The highest BCUT2D eigenvalue weighted by Crippen LogP contribution is 2.27. The fourth-order valence-electron chi connectivity index (χ4n) is 1.89. The van der Waals surface area contributed by atoms with Gasteiger partial charge in [-0.15, -0.1) is 5.10 Å². The second-order valence-corrected chi connectivity index (χ2v) is 3.89. The van der Waals surface area contributed by atoms with E-state index in [1.807, 2.05) is 0 Å². The predicted molar refractivity (Wildman–Crippen MR) is 55.6 cm³/mol. The largest absolute Gasteiger partial charge is 0.318 e. The standard InChI is InChI=1S/C9H12F2N4O2/c10-9(11)8-7(15(16)17)6-14(12-8)13-4-2-1-3-5-13/h6,9H,1-5H2. The Labute approximate surface area is 95.9 Å². The van der Waals surface area contributed by atoms with Gasteiger partial charge in [0.15, 0.2) is 0 Å². The summed E-state index contributed by atoms with van der Waals surface area (Å²) in [5.41, 5.74) is -1.38. The van der Waals surface area contributed by atoms with Gasteiger partial charge >= 0.3 is 5.69 Å². The van der Waals surface area contributed by atoms with Crippen LogP contribution in [0, 0.1) is 10.1 Å². The number of rotatable bonds is 3. The SMILES string of the molecule is O=[N+]([O-])c1cn(N2CCCCC2)nc1C(F)F. The van der Waals surface area contributed by atoms with Crippen LogP contribution in [0.25, 0.3) is 0 Å². The topological polar surface area (TPSA) is 64.2 Å². The molecule has 1 saturated heterocycles. The first kappa shape index (κ1) is 11.7. The van der Waals surface area contributed by atoms with Crippen LogP contribution in [0.4, 0.5) is 14.5 Å². The second kappa shape index (κ2) is 4.64. The molecule has 1 aliphatic heterocycles. The molecule has 0 bridgehead atoms. The third kappa shape index (κ3) is 2.34. The maximum absolute atomic E-state index is 12.6. The monoisotopic (exact) mass is 246 g/mol. The van der Waals surface area contributed by atoms with Crippen molar-refractivity contribution in [3.05, 3.63) is 22.0 Å². The van der Waals surface area contributed by atoms with E-state index in [2.05, 4.69) is 5.10 Å². The molecular weight excluding hydrogens is 234 g/mol. The van der Waals surface area contributed by atoms with E-state index in [4.69, 9.17) is 0 Å². The zero-order chi connectivity index (χ0) is 12.4. The number of piperidine rings is 1. The predicted octanol–water partition coefficient (Wildman–Crippen LogP) is 1.85. The van der Waals surface area contributed by atoms with E-state index >= 15 is 0 Å². The van der Waals surface area contributed by atoms with Gasteiger partial charge in [-0.05, 0) is 19.3 Å². The summed E-state index contributed by atoms with van der Waals surface area (Å²) in [6.45, 7) is 1.36. The Balaban J connectivity index is 2.29. The molecule has 0 atom stereocenters. The van der Waals surface area contributed by atoms with Crippen LogP contribution in [0.5, 0.6) is 0 Å². The maximum Gasteiger partial charge on any atom is 0.318 e. The van der Waals surface area contributed by atoms with Crippen molar-refractivity contribution in [2.45, 2.75) is 25.7 Å². The van der Waals surface area contributed by atoms with Crippen molar-refractivity contribution in [2.75, 3.05) is 18.1 Å². The molecule has 8 heteroatoms. The Morgan fingerprint density at radius 3 is 2.47 bits per heavy atom. The molecule has 0 aliphatic carbocycles. The molecule has 17 heavy (non-hydrogen) atoms. The molecule has 1 aromatic heterocycles. The minimum atomic E-state index is -2.93. The molecule has 0 N–H and O–H groups in total. The van der Waals surface area contributed by atoms with Crippen molar-refractivity contribution in [3.63, 3.8) is 0 Å². The summed E-state index contributed by atoms with van der Waals surface area (Å²) in [5, 5.41) is 16.0. The lowest BCUT2D eigenvalue weighted by Crippen LogP contribution is -2.39. The lowest BCUT2D eigenvalue weighted by atomic mass is 10.2. The minimum absolute atomic E-state index is 0.620. The van der Waals surface area contributed by atoms with Crippen LogP contribution in [0.1, 0.15) is 31.4 Å². The summed E-state index contributed by atoms with van der Waals surface area (Å²) in [4.78, 5) is 11.0. The average Bonchev–Trinajstić information content (AvgIpc) is 2.75. The lowest BCUT2D eigenvalue weighted by Gasteiger charge is -2.27. The van der Waals surface area contributed by atoms with E-state index < -0.39 is 22.7 Å². The quantitative estimate of drug-likeness (QED) is 0.603. The first-order valence-electron chi connectivity index (χ1n) is 5.37. The van der Waals surface area contributed by atoms with E-state index in [1.165, 1.54) is 4.79 Å². The molecule has 0 aromatic carbocycles. The van der Waals surface area contributed by atoms with Crippen molar-refractivity contribution >= 4 is 5.69 Å². The molecule has 6 nitrogen and oxygen atoms in total. The summed E-state index contributed by atoms with van der Waals surface area (Å²) >= 11 is 0. The van der Waals surface area contributed by atoms with E-state index in [0.29, 0.717) is 13.1 Å². The summed E-state index contributed by atoms with van der Waals surface area (Å²) in [7, 11) is 0. The van der Waals surface area contributed by atoms with Gasteiger partial charge in [0.1, 0.15) is 6.20 Å². The third-order valence-electron chi connectivity index (χ3n) is 2.74. The van der Waals surface area contributed by atoms with Crippen LogP contribution in [0.15, 0.2) is 6.20 Å². The first-order chi connectivity index (χ1) is 8.09. The van der Waals surface area contributed by atoms with Crippen molar-refractivity contribution in [3.8, 4) is 0 Å².